The number of nitrogens with one attached hydrogen (secondary N) is 3. The van der Waals surface area contributed by atoms with Crippen molar-refractivity contribution in [1.82, 2.24) is 19.9 Å². The maximum absolute atomic E-state index is 14.0. The third kappa shape index (κ3) is 6.93. The van der Waals surface area contributed by atoms with Crippen LogP contribution in [0.25, 0.3) is 10.9 Å². The summed E-state index contributed by atoms with van der Waals surface area (Å²) in [5, 5.41) is 3.89. The van der Waals surface area contributed by atoms with Gasteiger partial charge < -0.3 is 25.7 Å². The average Bonchev–Trinajstić information content (AvgIpc) is 3.50. The van der Waals surface area contributed by atoms with Gasteiger partial charge >= 0.3 is 5.97 Å². The number of carbonyl (C=O) groups is 3. The van der Waals surface area contributed by atoms with E-state index in [4.69, 9.17) is 5.73 Å². The Bertz CT molecular complexity index is 1640. The third-order valence-electron chi connectivity index (χ3n) is 8.68. The van der Waals surface area contributed by atoms with Gasteiger partial charge in [-0.1, -0.05) is 42.5 Å². The smallest absolute Gasteiger partial charge is 0.322 e. The third-order valence-corrected chi connectivity index (χ3v) is 9.94. The van der Waals surface area contributed by atoms with Crippen molar-refractivity contribution in [1.29, 1.82) is 0 Å². The molecule has 3 aromatic rings. The fraction of sp³-hybridized carbons (Fsp3) is 0.452. The number of hydrogen-bond donors (Lipinski definition) is 4. The van der Waals surface area contributed by atoms with Crippen LogP contribution < -0.4 is 15.8 Å². The van der Waals surface area contributed by atoms with Gasteiger partial charge in [0, 0.05) is 48.1 Å². The van der Waals surface area contributed by atoms with E-state index >= 15 is 0 Å². The van der Waals surface area contributed by atoms with Crippen molar-refractivity contribution in [2.45, 2.75) is 62.6 Å². The monoisotopic (exact) mass is 645 g/mol. The average molecular weight is 646 g/mol. The summed E-state index contributed by atoms with van der Waals surface area (Å²) in [7, 11) is -2.76. The van der Waals surface area contributed by atoms with Gasteiger partial charge in [-0.3, -0.25) is 14.4 Å². The molecule has 1 fully saturated rings. The number of methoxy groups -OCH3 is 1. The number of carbonyl (C=O) groups excluding carboxylic acids is 3. The van der Waals surface area contributed by atoms with Gasteiger partial charge in [0.05, 0.1) is 12.6 Å². The number of benzene rings is 2. The molecule has 1 aliphatic heterocycles. The Morgan fingerprint density at radius 2 is 1.77 bits per heavy atom. The van der Waals surface area contributed by atoms with Crippen molar-refractivity contribution in [2.75, 3.05) is 26.0 Å². The molecule has 2 aromatic carbocycles. The Hall–Kier alpha value is -3.45. The minimum Gasteiger partial charge on any atom is -0.468 e. The molecule has 44 heavy (non-hydrogen) atoms. The number of sulfonamides is 1. The Morgan fingerprint density at radius 1 is 1.11 bits per heavy atom. The zero-order valence-electron chi connectivity index (χ0n) is 25.1. The molecule has 5 N–H and O–H groups in total. The highest BCUT2D eigenvalue weighted by atomic mass is 35.5. The molecule has 1 unspecified atom stereocenters. The lowest BCUT2D eigenvalue weighted by Gasteiger charge is -2.41. The Balaban J connectivity index is 0.00000442. The summed E-state index contributed by atoms with van der Waals surface area (Å²) in [6.07, 6.45) is 3.94. The van der Waals surface area contributed by atoms with E-state index in [1.807, 2.05) is 54.7 Å². The second-order valence-electron chi connectivity index (χ2n) is 12.2. The lowest BCUT2D eigenvalue weighted by Crippen LogP contribution is -2.58. The zero-order chi connectivity index (χ0) is 31.0. The van der Waals surface area contributed by atoms with Gasteiger partial charge in [-0.05, 0) is 55.9 Å². The molecule has 0 bridgehead atoms. The zero-order valence-corrected chi connectivity index (χ0v) is 26.7. The quantitative estimate of drug-likeness (QED) is 0.260. The highest BCUT2D eigenvalue weighted by molar-refractivity contribution is 7.90. The molecular formula is C31H40ClN5O6S. The maximum Gasteiger partial charge on any atom is 0.322 e. The molecule has 0 saturated carbocycles. The first kappa shape index (κ1) is 33.4. The van der Waals surface area contributed by atoms with Gasteiger partial charge in [0.15, 0.2) is 5.75 Å². The standard InChI is InChI=1S/C31H39N5O6S.ClH/c1-30(2,32)29(39)34-25(16-20-18-33-24-11-7-5-8-21(20)24)28(38)36-14-12-31(13-15-36)17-26(22-9-4-6-10-23(22)31)35-43(40,41)19-27(37)42-3;/h4-11,18,25-26,33,35H,12-17,19,32H2,1-3H3,(H,34,39);1H/t25-,26?;/m1./s1. The molecule has 2 atom stereocenters. The van der Waals surface area contributed by atoms with E-state index in [2.05, 4.69) is 19.8 Å². The molecule has 1 aromatic heterocycles. The minimum absolute atomic E-state index is 0. The normalized spacial score (nSPS) is 18.4. The predicted molar refractivity (Wildman–Crippen MR) is 170 cm³/mol. The van der Waals surface area contributed by atoms with E-state index in [9.17, 15) is 22.8 Å². The number of nitrogens with zero attached hydrogens (tertiary/aromatic N) is 1. The van der Waals surface area contributed by atoms with Crippen molar-refractivity contribution in [2.24, 2.45) is 5.73 Å². The summed E-state index contributed by atoms with van der Waals surface area (Å²) < 4.78 is 32.7. The van der Waals surface area contributed by atoms with Crippen molar-refractivity contribution in [3.8, 4) is 0 Å². The number of fused-ring (bicyclic) bond motifs is 3. The predicted octanol–water partition coefficient (Wildman–Crippen LogP) is 2.45. The highest BCUT2D eigenvalue weighted by Crippen LogP contribution is 2.51. The topological polar surface area (TPSA) is 164 Å². The van der Waals surface area contributed by atoms with Gasteiger partial charge in [0.25, 0.3) is 0 Å². The number of aromatic amines is 1. The molecule has 11 nitrogen and oxygen atoms in total. The maximum atomic E-state index is 14.0. The van der Waals surface area contributed by atoms with E-state index in [1.54, 1.807) is 18.7 Å². The first-order valence-corrected chi connectivity index (χ1v) is 16.1. The van der Waals surface area contributed by atoms with Gasteiger partial charge in [-0.15, -0.1) is 12.4 Å². The number of likely N-dealkylation sites (tertiary alicyclic amines) is 1. The molecule has 13 heteroatoms. The SMILES string of the molecule is COC(=O)CS(=O)(=O)NC1CC2(CCN(C(=O)[C@@H](Cc3c[nH]c4ccccc34)NC(=O)C(C)(C)N)CC2)c2ccccc21.Cl. The molecule has 5 rings (SSSR count). The van der Waals surface area contributed by atoms with Crippen LogP contribution in [-0.4, -0.2) is 73.6 Å². The summed E-state index contributed by atoms with van der Waals surface area (Å²) in [6.45, 7) is 4.10. The summed E-state index contributed by atoms with van der Waals surface area (Å²) in [5.74, 6) is -2.17. The molecule has 1 aliphatic carbocycles. The summed E-state index contributed by atoms with van der Waals surface area (Å²) in [5.41, 5.74) is 8.38. The number of piperidine rings is 1. The van der Waals surface area contributed by atoms with Crippen LogP contribution in [0.4, 0.5) is 0 Å². The number of H-pyrrole nitrogens is 1. The van der Waals surface area contributed by atoms with Crippen LogP contribution >= 0.6 is 12.4 Å². The van der Waals surface area contributed by atoms with E-state index < -0.39 is 45.3 Å². The van der Waals surface area contributed by atoms with Crippen LogP contribution in [0.2, 0.25) is 0 Å². The minimum atomic E-state index is -3.92. The number of hydrogen-bond acceptors (Lipinski definition) is 7. The van der Waals surface area contributed by atoms with Crippen LogP contribution in [0.5, 0.6) is 0 Å². The fourth-order valence-electron chi connectivity index (χ4n) is 6.39. The Labute approximate surface area is 263 Å². The molecule has 238 valence electrons. The molecule has 1 spiro atoms. The second kappa shape index (κ2) is 12.9. The van der Waals surface area contributed by atoms with Crippen molar-refractivity contribution < 1.29 is 27.5 Å². The molecule has 1 saturated heterocycles. The largest absolute Gasteiger partial charge is 0.468 e. The first-order chi connectivity index (χ1) is 20.3. The van der Waals surface area contributed by atoms with Gasteiger partial charge in [-0.2, -0.15) is 0 Å². The summed E-state index contributed by atoms with van der Waals surface area (Å²) in [4.78, 5) is 43.6. The molecular weight excluding hydrogens is 606 g/mol. The molecule has 0 radical (unpaired) electrons. The number of amides is 2. The van der Waals surface area contributed by atoms with Crippen molar-refractivity contribution >= 4 is 51.1 Å². The van der Waals surface area contributed by atoms with Crippen LogP contribution in [-0.2, 0) is 41.0 Å². The molecule has 2 aliphatic rings. The van der Waals surface area contributed by atoms with E-state index in [1.165, 1.54) is 0 Å². The molecule has 2 amide bonds. The lowest BCUT2D eigenvalue weighted by atomic mass is 9.73. The number of halogens is 1. The van der Waals surface area contributed by atoms with Crippen LogP contribution in [0.1, 0.15) is 55.8 Å². The fourth-order valence-corrected chi connectivity index (χ4v) is 7.54. The van der Waals surface area contributed by atoms with Gasteiger partial charge in [-0.25, -0.2) is 13.1 Å². The van der Waals surface area contributed by atoms with Crippen molar-refractivity contribution in [3.05, 3.63) is 71.4 Å². The summed E-state index contributed by atoms with van der Waals surface area (Å²) >= 11 is 0. The number of para-hydroxylation sites is 1. The second-order valence-corrected chi connectivity index (χ2v) is 14.0. The Morgan fingerprint density at radius 3 is 2.45 bits per heavy atom. The highest BCUT2D eigenvalue weighted by Gasteiger charge is 2.47. The summed E-state index contributed by atoms with van der Waals surface area (Å²) in [6, 6.07) is 14.2. The van der Waals surface area contributed by atoms with Crippen LogP contribution in [0.15, 0.2) is 54.7 Å². The van der Waals surface area contributed by atoms with Crippen molar-refractivity contribution in [3.63, 3.8) is 0 Å². The van der Waals surface area contributed by atoms with Crippen LogP contribution in [0.3, 0.4) is 0 Å². The number of rotatable bonds is 9. The first-order valence-electron chi connectivity index (χ1n) is 14.4. The van der Waals surface area contributed by atoms with E-state index in [0.29, 0.717) is 38.8 Å². The van der Waals surface area contributed by atoms with Gasteiger partial charge in [0.2, 0.25) is 21.8 Å². The number of ether oxygens (including phenoxy) is 1. The number of esters is 1. The number of aromatic nitrogens is 1. The van der Waals surface area contributed by atoms with E-state index in [0.717, 1.165) is 34.7 Å². The Kier molecular flexibility index (Phi) is 9.79. The lowest BCUT2D eigenvalue weighted by molar-refractivity contribution is -0.138. The number of nitrogens with two attached hydrogens (primary N) is 1. The van der Waals surface area contributed by atoms with E-state index in [-0.39, 0.29) is 23.7 Å². The van der Waals surface area contributed by atoms with Crippen LogP contribution in [0, 0.1) is 0 Å². The van der Waals surface area contributed by atoms with Gasteiger partial charge in [0.1, 0.15) is 6.04 Å². The molecule has 2 heterocycles.